The van der Waals surface area contributed by atoms with Crippen molar-refractivity contribution in [2.75, 3.05) is 6.61 Å². The van der Waals surface area contributed by atoms with Crippen LogP contribution in [0.25, 0.3) is 0 Å². The van der Waals surface area contributed by atoms with E-state index in [1.54, 1.807) is 6.07 Å². The maximum absolute atomic E-state index is 10.9. The standard InChI is InChI=1S/C9H12N2O2/c1-6-2-4-11-8(9(10)13)7(6)3-5-12/h2,4,12H,3,5H2,1H3,(H2,10,13). The summed E-state index contributed by atoms with van der Waals surface area (Å²) >= 11 is 0. The van der Waals surface area contributed by atoms with E-state index in [-0.39, 0.29) is 12.3 Å². The molecule has 1 aromatic heterocycles. The van der Waals surface area contributed by atoms with Gasteiger partial charge in [0.25, 0.3) is 5.91 Å². The highest BCUT2D eigenvalue weighted by Gasteiger charge is 2.10. The first-order valence-electron chi connectivity index (χ1n) is 4.02. The molecule has 70 valence electrons. The molecule has 3 N–H and O–H groups in total. The minimum atomic E-state index is -0.549. The number of hydrogen-bond donors (Lipinski definition) is 2. The molecule has 0 aliphatic heterocycles. The molecular formula is C9H12N2O2. The molecule has 0 aromatic carbocycles. The quantitative estimate of drug-likeness (QED) is 0.688. The average Bonchev–Trinajstić information content (AvgIpc) is 2.08. The fourth-order valence-corrected chi connectivity index (χ4v) is 1.23. The topological polar surface area (TPSA) is 76.2 Å². The number of amides is 1. The second kappa shape index (κ2) is 4.00. The van der Waals surface area contributed by atoms with E-state index >= 15 is 0 Å². The van der Waals surface area contributed by atoms with Gasteiger partial charge in [0.15, 0.2) is 0 Å². The largest absolute Gasteiger partial charge is 0.396 e. The van der Waals surface area contributed by atoms with Crippen LogP contribution in [0, 0.1) is 6.92 Å². The van der Waals surface area contributed by atoms with Gasteiger partial charge in [0.2, 0.25) is 0 Å². The summed E-state index contributed by atoms with van der Waals surface area (Å²) in [4.78, 5) is 14.8. The van der Waals surface area contributed by atoms with Gasteiger partial charge in [0.1, 0.15) is 5.69 Å². The van der Waals surface area contributed by atoms with Gasteiger partial charge >= 0.3 is 0 Å². The number of rotatable bonds is 3. The molecule has 1 rings (SSSR count). The maximum atomic E-state index is 10.9. The lowest BCUT2D eigenvalue weighted by molar-refractivity contribution is 0.0994. The molecule has 0 spiro atoms. The predicted molar refractivity (Wildman–Crippen MR) is 48.3 cm³/mol. The van der Waals surface area contributed by atoms with Crippen LogP contribution in [0.2, 0.25) is 0 Å². The summed E-state index contributed by atoms with van der Waals surface area (Å²) in [5.41, 5.74) is 7.05. The van der Waals surface area contributed by atoms with Crippen molar-refractivity contribution in [3.05, 3.63) is 29.1 Å². The SMILES string of the molecule is Cc1ccnc(C(N)=O)c1CCO. The Kier molecular flexibility index (Phi) is 2.97. The molecule has 1 aromatic rings. The summed E-state index contributed by atoms with van der Waals surface area (Å²) in [7, 11) is 0. The lowest BCUT2D eigenvalue weighted by atomic mass is 10.0. The van der Waals surface area contributed by atoms with Crippen molar-refractivity contribution in [1.82, 2.24) is 4.98 Å². The lowest BCUT2D eigenvalue weighted by Gasteiger charge is -2.06. The number of carbonyl (C=O) groups is 1. The molecule has 1 amide bonds. The Balaban J connectivity index is 3.17. The van der Waals surface area contributed by atoms with Crippen LogP contribution >= 0.6 is 0 Å². The van der Waals surface area contributed by atoms with Gasteiger partial charge in [-0.05, 0) is 30.5 Å². The summed E-state index contributed by atoms with van der Waals surface area (Å²) in [6, 6.07) is 1.79. The van der Waals surface area contributed by atoms with Crippen LogP contribution in [0.15, 0.2) is 12.3 Å². The van der Waals surface area contributed by atoms with Crippen LogP contribution < -0.4 is 5.73 Å². The van der Waals surface area contributed by atoms with E-state index in [0.29, 0.717) is 6.42 Å². The number of aliphatic hydroxyl groups is 1. The third-order valence-corrected chi connectivity index (χ3v) is 1.89. The number of aryl methyl sites for hydroxylation is 1. The smallest absolute Gasteiger partial charge is 0.267 e. The Morgan fingerprint density at radius 1 is 1.69 bits per heavy atom. The molecule has 0 bridgehead atoms. The molecule has 4 heteroatoms. The van der Waals surface area contributed by atoms with Gasteiger partial charge in [0.05, 0.1) is 0 Å². The van der Waals surface area contributed by atoms with Gasteiger partial charge in [0, 0.05) is 12.8 Å². The van der Waals surface area contributed by atoms with Crippen molar-refractivity contribution in [3.8, 4) is 0 Å². The highest BCUT2D eigenvalue weighted by molar-refractivity contribution is 5.92. The first-order chi connectivity index (χ1) is 6.16. The Labute approximate surface area is 76.4 Å². The Morgan fingerprint density at radius 2 is 2.38 bits per heavy atom. The van der Waals surface area contributed by atoms with Gasteiger partial charge < -0.3 is 10.8 Å². The van der Waals surface area contributed by atoms with E-state index in [1.165, 1.54) is 6.20 Å². The number of pyridine rings is 1. The monoisotopic (exact) mass is 180 g/mol. The highest BCUT2D eigenvalue weighted by Crippen LogP contribution is 2.11. The second-order valence-corrected chi connectivity index (χ2v) is 2.79. The first-order valence-corrected chi connectivity index (χ1v) is 4.02. The van der Waals surface area contributed by atoms with Crippen molar-refractivity contribution in [3.63, 3.8) is 0 Å². The maximum Gasteiger partial charge on any atom is 0.267 e. The fourth-order valence-electron chi connectivity index (χ4n) is 1.23. The van der Waals surface area contributed by atoms with Crippen molar-refractivity contribution < 1.29 is 9.90 Å². The summed E-state index contributed by atoms with van der Waals surface area (Å²) in [5.74, 6) is -0.549. The summed E-state index contributed by atoms with van der Waals surface area (Å²) in [6.45, 7) is 1.85. The highest BCUT2D eigenvalue weighted by atomic mass is 16.3. The lowest BCUT2D eigenvalue weighted by Crippen LogP contribution is -2.17. The molecule has 0 saturated carbocycles. The number of hydrogen-bond acceptors (Lipinski definition) is 3. The second-order valence-electron chi connectivity index (χ2n) is 2.79. The minimum absolute atomic E-state index is 0.00713. The zero-order valence-corrected chi connectivity index (χ0v) is 7.45. The number of nitrogens with two attached hydrogens (primary N) is 1. The molecule has 0 unspecified atom stereocenters. The van der Waals surface area contributed by atoms with Crippen molar-refractivity contribution in [1.29, 1.82) is 0 Å². The van der Waals surface area contributed by atoms with Gasteiger partial charge in [-0.2, -0.15) is 0 Å². The minimum Gasteiger partial charge on any atom is -0.396 e. The Hall–Kier alpha value is -1.42. The van der Waals surface area contributed by atoms with E-state index in [4.69, 9.17) is 10.8 Å². The molecule has 0 saturated heterocycles. The molecular weight excluding hydrogens is 168 g/mol. The molecule has 1 heterocycles. The van der Waals surface area contributed by atoms with Crippen LogP contribution in [0.3, 0.4) is 0 Å². The number of aromatic nitrogens is 1. The predicted octanol–water partition coefficient (Wildman–Crippen LogP) is 0.0237. The van der Waals surface area contributed by atoms with Gasteiger partial charge in [-0.25, -0.2) is 0 Å². The van der Waals surface area contributed by atoms with E-state index < -0.39 is 5.91 Å². The summed E-state index contributed by atoms with van der Waals surface area (Å²) in [5, 5.41) is 8.77. The molecule has 0 aliphatic rings. The van der Waals surface area contributed by atoms with E-state index in [1.807, 2.05) is 6.92 Å². The van der Waals surface area contributed by atoms with Crippen LogP contribution in [-0.2, 0) is 6.42 Å². The normalized spacial score (nSPS) is 10.0. The zero-order valence-electron chi connectivity index (χ0n) is 7.45. The van der Waals surface area contributed by atoms with E-state index in [0.717, 1.165) is 11.1 Å². The zero-order chi connectivity index (χ0) is 9.84. The Bertz CT molecular complexity index is 323. The molecule has 0 atom stereocenters. The van der Waals surface area contributed by atoms with Crippen molar-refractivity contribution in [2.45, 2.75) is 13.3 Å². The van der Waals surface area contributed by atoms with Gasteiger partial charge in [-0.3, -0.25) is 9.78 Å². The van der Waals surface area contributed by atoms with Crippen molar-refractivity contribution in [2.24, 2.45) is 5.73 Å². The molecule has 0 radical (unpaired) electrons. The Morgan fingerprint density at radius 3 is 2.92 bits per heavy atom. The number of primary amides is 1. The summed E-state index contributed by atoms with van der Waals surface area (Å²) in [6.07, 6.45) is 1.95. The third kappa shape index (κ3) is 2.03. The van der Waals surface area contributed by atoms with Crippen molar-refractivity contribution >= 4 is 5.91 Å². The number of aliphatic hydroxyl groups excluding tert-OH is 1. The fraction of sp³-hybridized carbons (Fsp3) is 0.333. The van der Waals surface area contributed by atoms with Gasteiger partial charge in [-0.1, -0.05) is 0 Å². The molecule has 0 aliphatic carbocycles. The van der Waals surface area contributed by atoms with Crippen LogP contribution in [0.4, 0.5) is 0 Å². The van der Waals surface area contributed by atoms with Crippen LogP contribution in [-0.4, -0.2) is 22.6 Å². The third-order valence-electron chi connectivity index (χ3n) is 1.89. The molecule has 13 heavy (non-hydrogen) atoms. The van der Waals surface area contributed by atoms with Crippen LogP contribution in [0.5, 0.6) is 0 Å². The van der Waals surface area contributed by atoms with E-state index in [2.05, 4.69) is 4.98 Å². The average molecular weight is 180 g/mol. The first kappa shape index (κ1) is 9.67. The van der Waals surface area contributed by atoms with E-state index in [9.17, 15) is 4.79 Å². The molecule has 0 fully saturated rings. The molecule has 4 nitrogen and oxygen atoms in total. The van der Waals surface area contributed by atoms with Crippen LogP contribution in [0.1, 0.15) is 21.6 Å². The number of carbonyl (C=O) groups excluding carboxylic acids is 1. The van der Waals surface area contributed by atoms with Gasteiger partial charge in [-0.15, -0.1) is 0 Å². The summed E-state index contributed by atoms with van der Waals surface area (Å²) < 4.78 is 0. The number of nitrogens with zero attached hydrogens (tertiary/aromatic N) is 1.